The maximum Gasteiger partial charge on any atom is 0.308 e. The minimum atomic E-state index is -0.900. The summed E-state index contributed by atoms with van der Waals surface area (Å²) in [5, 5.41) is 9.84. The van der Waals surface area contributed by atoms with Crippen molar-refractivity contribution in [1.82, 2.24) is 0 Å². The lowest BCUT2D eigenvalue weighted by molar-refractivity contribution is -0.142. The van der Waals surface area contributed by atoms with Crippen LogP contribution in [0.5, 0.6) is 5.75 Å². The minimum absolute atomic E-state index is 0.0735. The number of hydrogen-bond acceptors (Lipinski definition) is 4. The SMILES string of the molecule is COC(=O)CC(O)c1ccc(C)cc1OC. The number of carbonyl (C=O) groups is 1. The van der Waals surface area contributed by atoms with Gasteiger partial charge in [-0.15, -0.1) is 0 Å². The molecule has 1 rings (SSSR count). The molecule has 0 spiro atoms. The summed E-state index contributed by atoms with van der Waals surface area (Å²) >= 11 is 0. The van der Waals surface area contributed by atoms with Crippen LogP contribution in [0, 0.1) is 6.92 Å². The van der Waals surface area contributed by atoms with E-state index < -0.39 is 12.1 Å². The summed E-state index contributed by atoms with van der Waals surface area (Å²) in [4.78, 5) is 11.0. The molecule has 0 bridgehead atoms. The standard InChI is InChI=1S/C12H16O4/c1-8-4-5-9(11(6-8)15-2)10(13)7-12(14)16-3/h4-6,10,13H,7H2,1-3H3. The molecular formula is C12H16O4. The van der Waals surface area contributed by atoms with E-state index in [0.717, 1.165) is 5.56 Å². The van der Waals surface area contributed by atoms with Gasteiger partial charge in [-0.25, -0.2) is 0 Å². The largest absolute Gasteiger partial charge is 0.496 e. The number of hydrogen-bond donors (Lipinski definition) is 1. The summed E-state index contributed by atoms with van der Waals surface area (Å²) in [6.07, 6.45) is -0.973. The lowest BCUT2D eigenvalue weighted by Gasteiger charge is -2.14. The Balaban J connectivity index is 2.90. The highest BCUT2D eigenvalue weighted by molar-refractivity contribution is 5.70. The number of carbonyl (C=O) groups excluding carboxylic acids is 1. The second-order valence-electron chi connectivity index (χ2n) is 3.54. The topological polar surface area (TPSA) is 55.8 Å². The maximum atomic E-state index is 11.0. The van der Waals surface area contributed by atoms with Gasteiger partial charge >= 0.3 is 5.97 Å². The van der Waals surface area contributed by atoms with Crippen LogP contribution in [0.1, 0.15) is 23.7 Å². The van der Waals surface area contributed by atoms with Gasteiger partial charge in [0.05, 0.1) is 26.7 Å². The zero-order chi connectivity index (χ0) is 12.1. The number of esters is 1. The van der Waals surface area contributed by atoms with Gasteiger partial charge in [-0.3, -0.25) is 4.79 Å². The number of aliphatic hydroxyl groups excluding tert-OH is 1. The molecular weight excluding hydrogens is 208 g/mol. The van der Waals surface area contributed by atoms with Crippen LogP contribution >= 0.6 is 0 Å². The Kier molecular flexibility index (Phi) is 4.31. The molecule has 1 unspecified atom stereocenters. The number of methoxy groups -OCH3 is 2. The first-order chi connectivity index (χ1) is 7.58. The van der Waals surface area contributed by atoms with Crippen molar-refractivity contribution in [3.8, 4) is 5.75 Å². The van der Waals surface area contributed by atoms with Crippen LogP contribution < -0.4 is 4.74 Å². The number of ether oxygens (including phenoxy) is 2. The summed E-state index contributed by atoms with van der Waals surface area (Å²) in [6.45, 7) is 1.93. The summed E-state index contributed by atoms with van der Waals surface area (Å²) in [5.41, 5.74) is 1.63. The molecule has 0 saturated carbocycles. The zero-order valence-corrected chi connectivity index (χ0v) is 9.69. The van der Waals surface area contributed by atoms with Crippen LogP contribution in [0.2, 0.25) is 0 Å². The van der Waals surface area contributed by atoms with Crippen molar-refractivity contribution in [3.63, 3.8) is 0 Å². The molecule has 4 nitrogen and oxygen atoms in total. The molecule has 16 heavy (non-hydrogen) atoms. The van der Waals surface area contributed by atoms with Gasteiger partial charge in [-0.1, -0.05) is 12.1 Å². The fraction of sp³-hybridized carbons (Fsp3) is 0.417. The second kappa shape index (κ2) is 5.51. The quantitative estimate of drug-likeness (QED) is 0.789. The van der Waals surface area contributed by atoms with Crippen molar-refractivity contribution in [2.75, 3.05) is 14.2 Å². The average Bonchev–Trinajstić information content (AvgIpc) is 2.28. The molecule has 0 aromatic heterocycles. The maximum absolute atomic E-state index is 11.0. The van der Waals surface area contributed by atoms with Crippen LogP contribution in [0.15, 0.2) is 18.2 Å². The van der Waals surface area contributed by atoms with Gasteiger partial charge in [0.15, 0.2) is 0 Å². The Morgan fingerprint density at radius 3 is 2.69 bits per heavy atom. The molecule has 0 radical (unpaired) electrons. The molecule has 0 saturated heterocycles. The Hall–Kier alpha value is -1.55. The monoisotopic (exact) mass is 224 g/mol. The van der Waals surface area contributed by atoms with Gasteiger partial charge < -0.3 is 14.6 Å². The summed E-state index contributed by atoms with van der Waals surface area (Å²) in [6, 6.07) is 5.43. The molecule has 4 heteroatoms. The Morgan fingerprint density at radius 1 is 1.44 bits per heavy atom. The normalized spacial score (nSPS) is 12.0. The minimum Gasteiger partial charge on any atom is -0.496 e. The summed E-state index contributed by atoms with van der Waals surface area (Å²) in [7, 11) is 2.82. The molecule has 0 aliphatic rings. The van der Waals surface area contributed by atoms with Gasteiger partial charge in [0, 0.05) is 5.56 Å². The second-order valence-corrected chi connectivity index (χ2v) is 3.54. The molecule has 1 atom stereocenters. The number of aryl methyl sites for hydroxylation is 1. The third-order valence-corrected chi connectivity index (χ3v) is 2.34. The Bertz CT molecular complexity index is 373. The van der Waals surface area contributed by atoms with E-state index >= 15 is 0 Å². The molecule has 0 aliphatic heterocycles. The van der Waals surface area contributed by atoms with Crippen molar-refractivity contribution in [1.29, 1.82) is 0 Å². The highest BCUT2D eigenvalue weighted by atomic mass is 16.5. The highest BCUT2D eigenvalue weighted by Gasteiger charge is 2.17. The predicted octanol–water partition coefficient (Wildman–Crippen LogP) is 1.60. The smallest absolute Gasteiger partial charge is 0.308 e. The van der Waals surface area contributed by atoms with Crippen molar-refractivity contribution in [2.45, 2.75) is 19.4 Å². The van der Waals surface area contributed by atoms with E-state index in [1.807, 2.05) is 19.1 Å². The molecule has 1 aromatic rings. The van der Waals surface area contributed by atoms with Gasteiger partial charge in [0.25, 0.3) is 0 Å². The van der Waals surface area contributed by atoms with Crippen molar-refractivity contribution in [2.24, 2.45) is 0 Å². The van der Waals surface area contributed by atoms with Gasteiger partial charge in [-0.05, 0) is 18.6 Å². The predicted molar refractivity (Wildman–Crippen MR) is 59.3 cm³/mol. The first kappa shape index (κ1) is 12.5. The van der Waals surface area contributed by atoms with E-state index in [2.05, 4.69) is 4.74 Å². The molecule has 0 amide bonds. The fourth-order valence-corrected chi connectivity index (χ4v) is 1.44. The van der Waals surface area contributed by atoms with Crippen LogP contribution in [0.3, 0.4) is 0 Å². The van der Waals surface area contributed by atoms with E-state index in [1.165, 1.54) is 14.2 Å². The third kappa shape index (κ3) is 2.97. The van der Waals surface area contributed by atoms with Crippen LogP contribution in [0.4, 0.5) is 0 Å². The van der Waals surface area contributed by atoms with Crippen molar-refractivity contribution >= 4 is 5.97 Å². The lowest BCUT2D eigenvalue weighted by atomic mass is 10.0. The molecule has 0 aliphatic carbocycles. The highest BCUT2D eigenvalue weighted by Crippen LogP contribution is 2.28. The number of benzene rings is 1. The lowest BCUT2D eigenvalue weighted by Crippen LogP contribution is -2.09. The number of aliphatic hydroxyl groups is 1. The van der Waals surface area contributed by atoms with Crippen LogP contribution in [-0.2, 0) is 9.53 Å². The molecule has 1 N–H and O–H groups in total. The van der Waals surface area contributed by atoms with Crippen LogP contribution in [-0.4, -0.2) is 25.3 Å². The van der Waals surface area contributed by atoms with Gasteiger partial charge in [0.1, 0.15) is 5.75 Å². The Morgan fingerprint density at radius 2 is 2.12 bits per heavy atom. The molecule has 0 fully saturated rings. The molecule has 88 valence electrons. The Labute approximate surface area is 94.8 Å². The first-order valence-electron chi connectivity index (χ1n) is 4.98. The van der Waals surface area contributed by atoms with Crippen molar-refractivity contribution in [3.05, 3.63) is 29.3 Å². The average molecular weight is 224 g/mol. The van der Waals surface area contributed by atoms with Crippen molar-refractivity contribution < 1.29 is 19.4 Å². The third-order valence-electron chi connectivity index (χ3n) is 2.34. The fourth-order valence-electron chi connectivity index (χ4n) is 1.44. The van der Waals surface area contributed by atoms with E-state index in [9.17, 15) is 9.90 Å². The molecule has 1 aromatic carbocycles. The van der Waals surface area contributed by atoms with E-state index in [0.29, 0.717) is 11.3 Å². The number of rotatable bonds is 4. The van der Waals surface area contributed by atoms with Gasteiger partial charge in [-0.2, -0.15) is 0 Å². The summed E-state index contributed by atoms with van der Waals surface area (Å²) < 4.78 is 9.65. The first-order valence-corrected chi connectivity index (χ1v) is 4.98. The van der Waals surface area contributed by atoms with E-state index in [4.69, 9.17) is 4.74 Å². The van der Waals surface area contributed by atoms with E-state index in [-0.39, 0.29) is 6.42 Å². The van der Waals surface area contributed by atoms with Gasteiger partial charge in [0.2, 0.25) is 0 Å². The zero-order valence-electron chi connectivity index (χ0n) is 9.69. The van der Waals surface area contributed by atoms with Crippen LogP contribution in [0.25, 0.3) is 0 Å². The van der Waals surface area contributed by atoms with E-state index in [1.54, 1.807) is 6.07 Å². The molecule has 0 heterocycles. The summed E-state index contributed by atoms with van der Waals surface area (Å²) in [5.74, 6) is 0.131.